The van der Waals surface area contributed by atoms with Gasteiger partial charge in [-0.25, -0.2) is 4.39 Å². The van der Waals surface area contributed by atoms with Gasteiger partial charge in [0.15, 0.2) is 0 Å². The molecule has 0 aromatic heterocycles. The highest BCUT2D eigenvalue weighted by molar-refractivity contribution is 5.31. The minimum absolute atomic E-state index is 0.185. The molecule has 1 aromatic rings. The van der Waals surface area contributed by atoms with Crippen LogP contribution in [0.2, 0.25) is 0 Å². The molecule has 0 saturated carbocycles. The number of hydrogen-bond donors (Lipinski definition) is 2. The smallest absolute Gasteiger partial charge is 0.131 e. The zero-order valence-electron chi connectivity index (χ0n) is 11.3. The van der Waals surface area contributed by atoms with Crippen LogP contribution in [0.1, 0.15) is 43.7 Å². The van der Waals surface area contributed by atoms with E-state index < -0.39 is 0 Å². The van der Waals surface area contributed by atoms with E-state index in [2.05, 4.69) is 11.5 Å². The third kappa shape index (κ3) is 3.55. The summed E-state index contributed by atoms with van der Waals surface area (Å²) in [6.07, 6.45) is 7.71. The summed E-state index contributed by atoms with van der Waals surface area (Å²) in [5.74, 6) is 5.83. The van der Waals surface area contributed by atoms with Crippen LogP contribution in [0.25, 0.3) is 0 Å². The Kier molecular flexibility index (Phi) is 4.93. The Morgan fingerprint density at radius 2 is 2.26 bits per heavy atom. The van der Waals surface area contributed by atoms with E-state index in [-0.39, 0.29) is 11.9 Å². The summed E-state index contributed by atoms with van der Waals surface area (Å²) < 4.78 is 19.0. The molecule has 0 saturated heterocycles. The standard InChI is InChI=1S/C15H21FN2O/c1-19-12-7-8-13(14(16)10-12)15(18-17)9-11-5-3-2-4-6-11/h5,7-8,10,15,18H,2-4,6,9,17H2,1H3. The van der Waals surface area contributed by atoms with Crippen LogP contribution in [0, 0.1) is 5.82 Å². The maximum absolute atomic E-state index is 14.0. The number of nitrogens with two attached hydrogens (primary N) is 1. The number of nitrogens with one attached hydrogen (secondary N) is 1. The fourth-order valence-corrected chi connectivity index (χ4v) is 2.53. The molecular formula is C15H21FN2O. The van der Waals surface area contributed by atoms with Crippen molar-refractivity contribution >= 4 is 0 Å². The second-order valence-electron chi connectivity index (χ2n) is 4.92. The average molecular weight is 264 g/mol. The predicted octanol–water partition coefficient (Wildman–Crippen LogP) is 3.23. The van der Waals surface area contributed by atoms with Gasteiger partial charge in [0.1, 0.15) is 11.6 Å². The Labute approximate surface area is 113 Å². The third-order valence-electron chi connectivity index (χ3n) is 3.64. The first kappa shape index (κ1) is 14.0. The first-order chi connectivity index (χ1) is 9.24. The maximum Gasteiger partial charge on any atom is 0.131 e. The fraction of sp³-hybridized carbons (Fsp3) is 0.467. The highest BCUT2D eigenvalue weighted by atomic mass is 19.1. The quantitative estimate of drug-likeness (QED) is 0.487. The van der Waals surface area contributed by atoms with Gasteiger partial charge in [-0.1, -0.05) is 17.7 Å². The minimum atomic E-state index is -0.279. The molecule has 3 N–H and O–H groups in total. The molecule has 4 heteroatoms. The number of benzene rings is 1. The largest absolute Gasteiger partial charge is 0.497 e. The Hall–Kier alpha value is -1.39. The summed E-state index contributed by atoms with van der Waals surface area (Å²) in [6.45, 7) is 0. The number of allylic oxidation sites excluding steroid dienone is 1. The van der Waals surface area contributed by atoms with E-state index in [1.54, 1.807) is 12.1 Å². The van der Waals surface area contributed by atoms with Gasteiger partial charge in [-0.05, 0) is 38.2 Å². The molecule has 0 aliphatic heterocycles. The topological polar surface area (TPSA) is 47.3 Å². The lowest BCUT2D eigenvalue weighted by atomic mass is 9.91. The van der Waals surface area contributed by atoms with Crippen LogP contribution >= 0.6 is 0 Å². The highest BCUT2D eigenvalue weighted by Crippen LogP contribution is 2.29. The van der Waals surface area contributed by atoms with Crippen molar-refractivity contribution in [2.24, 2.45) is 5.84 Å². The molecule has 0 fully saturated rings. The van der Waals surface area contributed by atoms with E-state index in [9.17, 15) is 4.39 Å². The van der Waals surface area contributed by atoms with Crippen LogP contribution in [0.5, 0.6) is 5.75 Å². The van der Waals surface area contributed by atoms with Crippen LogP contribution in [-0.4, -0.2) is 7.11 Å². The van der Waals surface area contributed by atoms with Crippen molar-refractivity contribution in [3.05, 3.63) is 41.2 Å². The van der Waals surface area contributed by atoms with Gasteiger partial charge in [-0.3, -0.25) is 11.3 Å². The summed E-state index contributed by atoms with van der Waals surface area (Å²) >= 11 is 0. The van der Waals surface area contributed by atoms with Gasteiger partial charge in [0.05, 0.1) is 13.2 Å². The molecule has 2 rings (SSSR count). The summed E-state index contributed by atoms with van der Waals surface area (Å²) in [5, 5.41) is 0. The minimum Gasteiger partial charge on any atom is -0.497 e. The van der Waals surface area contributed by atoms with Gasteiger partial charge in [0.25, 0.3) is 0 Å². The summed E-state index contributed by atoms with van der Waals surface area (Å²) in [5.41, 5.74) is 4.68. The molecule has 1 aliphatic rings. The van der Waals surface area contributed by atoms with E-state index in [1.165, 1.54) is 31.6 Å². The molecule has 3 nitrogen and oxygen atoms in total. The van der Waals surface area contributed by atoms with E-state index >= 15 is 0 Å². The second-order valence-corrected chi connectivity index (χ2v) is 4.92. The van der Waals surface area contributed by atoms with E-state index in [1.807, 2.05) is 0 Å². The van der Waals surface area contributed by atoms with Crippen molar-refractivity contribution in [2.45, 2.75) is 38.1 Å². The summed E-state index contributed by atoms with van der Waals surface area (Å²) in [7, 11) is 1.53. The first-order valence-electron chi connectivity index (χ1n) is 6.72. The molecule has 0 spiro atoms. The Bertz CT molecular complexity index is 459. The number of hydrazine groups is 1. The normalized spacial score (nSPS) is 16.9. The number of hydrogen-bond acceptors (Lipinski definition) is 3. The Morgan fingerprint density at radius 3 is 2.84 bits per heavy atom. The zero-order chi connectivity index (χ0) is 13.7. The number of rotatable bonds is 5. The van der Waals surface area contributed by atoms with E-state index in [0.717, 1.165) is 19.3 Å². The number of ether oxygens (including phenoxy) is 1. The lowest BCUT2D eigenvalue weighted by molar-refractivity contribution is 0.409. The van der Waals surface area contributed by atoms with Crippen molar-refractivity contribution in [3.63, 3.8) is 0 Å². The molecule has 1 atom stereocenters. The Morgan fingerprint density at radius 1 is 1.42 bits per heavy atom. The van der Waals surface area contributed by atoms with Crippen molar-refractivity contribution in [2.75, 3.05) is 7.11 Å². The van der Waals surface area contributed by atoms with Crippen molar-refractivity contribution in [3.8, 4) is 5.75 Å². The first-order valence-corrected chi connectivity index (χ1v) is 6.72. The van der Waals surface area contributed by atoms with Gasteiger partial charge in [-0.2, -0.15) is 0 Å². The van der Waals surface area contributed by atoms with Gasteiger partial charge in [0.2, 0.25) is 0 Å². The van der Waals surface area contributed by atoms with Crippen LogP contribution < -0.4 is 16.0 Å². The molecule has 0 heterocycles. The SMILES string of the molecule is COc1ccc(C(CC2=CCCCC2)NN)c(F)c1. The molecule has 0 amide bonds. The molecule has 19 heavy (non-hydrogen) atoms. The number of halogens is 1. The van der Waals surface area contributed by atoms with Crippen molar-refractivity contribution in [1.82, 2.24) is 5.43 Å². The van der Waals surface area contributed by atoms with Crippen LogP contribution in [0.15, 0.2) is 29.8 Å². The summed E-state index contributed by atoms with van der Waals surface area (Å²) in [4.78, 5) is 0. The molecule has 1 aliphatic carbocycles. The summed E-state index contributed by atoms with van der Waals surface area (Å²) in [6, 6.07) is 4.71. The van der Waals surface area contributed by atoms with E-state index in [4.69, 9.17) is 10.6 Å². The van der Waals surface area contributed by atoms with Crippen LogP contribution in [0.4, 0.5) is 4.39 Å². The van der Waals surface area contributed by atoms with Crippen molar-refractivity contribution in [1.29, 1.82) is 0 Å². The molecule has 0 radical (unpaired) electrons. The van der Waals surface area contributed by atoms with Gasteiger partial charge in [0, 0.05) is 11.6 Å². The monoisotopic (exact) mass is 264 g/mol. The lowest BCUT2D eigenvalue weighted by Gasteiger charge is -2.21. The molecule has 1 aromatic carbocycles. The molecule has 104 valence electrons. The predicted molar refractivity (Wildman–Crippen MR) is 74.2 cm³/mol. The van der Waals surface area contributed by atoms with Crippen molar-refractivity contribution < 1.29 is 9.13 Å². The highest BCUT2D eigenvalue weighted by Gasteiger charge is 2.17. The number of methoxy groups -OCH3 is 1. The lowest BCUT2D eigenvalue weighted by Crippen LogP contribution is -2.29. The third-order valence-corrected chi connectivity index (χ3v) is 3.64. The molecular weight excluding hydrogens is 243 g/mol. The van der Waals surface area contributed by atoms with Gasteiger partial charge < -0.3 is 4.74 Å². The molecule has 1 unspecified atom stereocenters. The zero-order valence-corrected chi connectivity index (χ0v) is 11.3. The van der Waals surface area contributed by atoms with Crippen LogP contribution in [-0.2, 0) is 0 Å². The fourth-order valence-electron chi connectivity index (χ4n) is 2.53. The van der Waals surface area contributed by atoms with Gasteiger partial charge in [-0.15, -0.1) is 0 Å². The van der Waals surface area contributed by atoms with Gasteiger partial charge >= 0.3 is 0 Å². The van der Waals surface area contributed by atoms with Crippen LogP contribution in [0.3, 0.4) is 0 Å². The van der Waals surface area contributed by atoms with E-state index in [0.29, 0.717) is 11.3 Å². The maximum atomic E-state index is 14.0. The average Bonchev–Trinajstić information content (AvgIpc) is 2.46. The Balaban J connectivity index is 2.14. The molecule has 0 bridgehead atoms. The second kappa shape index (κ2) is 6.68.